The maximum Gasteiger partial charge on any atom is 0.188 e. The maximum absolute atomic E-state index is 13.9. The molecule has 1 aliphatic rings. The standard InChI is InChI=1S/C23H22O4S/c1-26-19-12-13-21-22(16-19)27-15-14-23(21,17-18-8-4-2-5-9-18)28(24,25)20-10-6-3-7-11-20/h2-13,16H,14-15,17H2,1H3. The number of rotatable bonds is 5. The summed E-state index contributed by atoms with van der Waals surface area (Å²) in [6.07, 6.45) is 0.770. The maximum atomic E-state index is 13.9. The highest BCUT2D eigenvalue weighted by Gasteiger charge is 2.49. The fourth-order valence-electron chi connectivity index (χ4n) is 3.89. The van der Waals surface area contributed by atoms with Crippen molar-refractivity contribution in [3.05, 3.63) is 90.0 Å². The smallest absolute Gasteiger partial charge is 0.188 e. The van der Waals surface area contributed by atoms with Crippen LogP contribution in [0.15, 0.2) is 83.8 Å². The van der Waals surface area contributed by atoms with E-state index in [0.717, 1.165) is 5.56 Å². The van der Waals surface area contributed by atoms with Gasteiger partial charge < -0.3 is 9.47 Å². The van der Waals surface area contributed by atoms with Crippen LogP contribution in [0.5, 0.6) is 11.5 Å². The summed E-state index contributed by atoms with van der Waals surface area (Å²) >= 11 is 0. The van der Waals surface area contributed by atoms with Gasteiger partial charge in [0.25, 0.3) is 0 Å². The molecule has 0 fully saturated rings. The molecule has 0 saturated carbocycles. The van der Waals surface area contributed by atoms with Gasteiger partial charge in [-0.15, -0.1) is 0 Å². The zero-order chi connectivity index (χ0) is 19.6. The predicted octanol–water partition coefficient (Wildman–Crippen LogP) is 4.39. The molecule has 0 bridgehead atoms. The molecule has 0 saturated heterocycles. The van der Waals surface area contributed by atoms with Crippen molar-refractivity contribution in [1.29, 1.82) is 0 Å². The second-order valence-corrected chi connectivity index (χ2v) is 9.19. The van der Waals surface area contributed by atoms with E-state index in [9.17, 15) is 8.42 Å². The van der Waals surface area contributed by atoms with Gasteiger partial charge in [0.05, 0.1) is 18.6 Å². The van der Waals surface area contributed by atoms with E-state index in [1.165, 1.54) is 0 Å². The van der Waals surface area contributed by atoms with E-state index in [0.29, 0.717) is 41.4 Å². The summed E-state index contributed by atoms with van der Waals surface area (Å²) in [6, 6.07) is 23.8. The van der Waals surface area contributed by atoms with Crippen molar-refractivity contribution in [2.24, 2.45) is 0 Å². The number of fused-ring (bicyclic) bond motifs is 1. The third-order valence-electron chi connectivity index (χ3n) is 5.34. The van der Waals surface area contributed by atoms with E-state index < -0.39 is 14.6 Å². The van der Waals surface area contributed by atoms with E-state index in [-0.39, 0.29) is 0 Å². The first-order chi connectivity index (χ1) is 13.6. The van der Waals surface area contributed by atoms with Crippen LogP contribution < -0.4 is 9.47 Å². The Labute approximate surface area is 165 Å². The molecule has 0 N–H and O–H groups in total. The van der Waals surface area contributed by atoms with E-state index in [2.05, 4.69) is 0 Å². The van der Waals surface area contributed by atoms with Gasteiger partial charge in [-0.1, -0.05) is 54.6 Å². The molecule has 3 aromatic rings. The minimum Gasteiger partial charge on any atom is -0.497 e. The van der Waals surface area contributed by atoms with E-state index in [4.69, 9.17) is 9.47 Å². The lowest BCUT2D eigenvalue weighted by Crippen LogP contribution is -2.42. The lowest BCUT2D eigenvalue weighted by atomic mass is 9.86. The first-order valence-corrected chi connectivity index (χ1v) is 10.7. The van der Waals surface area contributed by atoms with Gasteiger partial charge >= 0.3 is 0 Å². The molecule has 0 spiro atoms. The molecule has 1 unspecified atom stereocenters. The van der Waals surface area contributed by atoms with Gasteiger partial charge in [0, 0.05) is 18.1 Å². The molecule has 0 amide bonds. The van der Waals surface area contributed by atoms with Crippen LogP contribution in [0.1, 0.15) is 17.5 Å². The molecule has 28 heavy (non-hydrogen) atoms. The normalized spacial score (nSPS) is 18.8. The summed E-state index contributed by atoms with van der Waals surface area (Å²) in [5, 5.41) is 0. The van der Waals surface area contributed by atoms with Crippen LogP contribution in [0.25, 0.3) is 0 Å². The number of hydrogen-bond donors (Lipinski definition) is 0. The van der Waals surface area contributed by atoms with Gasteiger partial charge in [-0.25, -0.2) is 8.42 Å². The molecular weight excluding hydrogens is 372 g/mol. The molecule has 1 heterocycles. The van der Waals surface area contributed by atoms with Crippen LogP contribution in [0.2, 0.25) is 0 Å². The summed E-state index contributed by atoms with van der Waals surface area (Å²) in [6.45, 7) is 0.332. The quantitative estimate of drug-likeness (QED) is 0.644. The topological polar surface area (TPSA) is 52.6 Å². The molecule has 1 aliphatic heterocycles. The summed E-state index contributed by atoms with van der Waals surface area (Å²) in [4.78, 5) is 0.328. The average molecular weight is 394 g/mol. The Morgan fingerprint density at radius 1 is 0.964 bits per heavy atom. The van der Waals surface area contributed by atoms with Crippen LogP contribution in [0.4, 0.5) is 0 Å². The van der Waals surface area contributed by atoms with Crippen LogP contribution in [0, 0.1) is 0 Å². The lowest BCUT2D eigenvalue weighted by molar-refractivity contribution is 0.247. The highest BCUT2D eigenvalue weighted by molar-refractivity contribution is 7.92. The van der Waals surface area contributed by atoms with Gasteiger partial charge in [0.15, 0.2) is 9.84 Å². The fraction of sp³-hybridized carbons (Fsp3) is 0.217. The van der Waals surface area contributed by atoms with Gasteiger partial charge in [-0.05, 0) is 30.2 Å². The molecule has 0 aromatic heterocycles. The molecule has 4 nitrogen and oxygen atoms in total. The summed E-state index contributed by atoms with van der Waals surface area (Å²) in [7, 11) is -2.09. The molecule has 5 heteroatoms. The zero-order valence-electron chi connectivity index (χ0n) is 15.7. The Morgan fingerprint density at radius 3 is 2.32 bits per heavy atom. The fourth-order valence-corrected chi connectivity index (χ4v) is 6.03. The number of sulfone groups is 1. The van der Waals surface area contributed by atoms with Crippen molar-refractivity contribution in [1.82, 2.24) is 0 Å². The van der Waals surface area contributed by atoms with Crippen molar-refractivity contribution < 1.29 is 17.9 Å². The predicted molar refractivity (Wildman–Crippen MR) is 109 cm³/mol. The zero-order valence-corrected chi connectivity index (χ0v) is 16.5. The SMILES string of the molecule is COc1ccc2c(c1)OCCC2(Cc1ccccc1)S(=O)(=O)c1ccccc1. The molecule has 1 atom stereocenters. The second-order valence-electron chi connectivity index (χ2n) is 6.93. The largest absolute Gasteiger partial charge is 0.497 e. The van der Waals surface area contributed by atoms with Crippen LogP contribution in [-0.4, -0.2) is 22.1 Å². The monoisotopic (exact) mass is 394 g/mol. The van der Waals surface area contributed by atoms with Crippen molar-refractivity contribution in [2.75, 3.05) is 13.7 Å². The first-order valence-electron chi connectivity index (χ1n) is 9.22. The Balaban J connectivity index is 1.94. The van der Waals surface area contributed by atoms with E-state index in [1.54, 1.807) is 43.5 Å². The minimum atomic E-state index is -3.68. The van der Waals surface area contributed by atoms with Crippen molar-refractivity contribution in [3.63, 3.8) is 0 Å². The number of hydrogen-bond acceptors (Lipinski definition) is 4. The number of methoxy groups -OCH3 is 1. The summed E-state index contributed by atoms with van der Waals surface area (Å²) in [5.41, 5.74) is 1.66. The van der Waals surface area contributed by atoms with Crippen LogP contribution in [0.3, 0.4) is 0 Å². The molecule has 4 rings (SSSR count). The van der Waals surface area contributed by atoms with Gasteiger partial charge in [0.2, 0.25) is 0 Å². The van der Waals surface area contributed by atoms with E-state index in [1.807, 2.05) is 42.5 Å². The molecular formula is C23H22O4S. The van der Waals surface area contributed by atoms with Gasteiger partial charge in [-0.2, -0.15) is 0 Å². The minimum absolute atomic E-state index is 0.328. The third kappa shape index (κ3) is 3.06. The number of benzene rings is 3. The highest BCUT2D eigenvalue weighted by atomic mass is 32.2. The summed E-state index contributed by atoms with van der Waals surface area (Å²) < 4.78 is 37.9. The van der Waals surface area contributed by atoms with Crippen molar-refractivity contribution >= 4 is 9.84 Å². The Kier molecular flexibility index (Phi) is 4.85. The molecule has 3 aromatic carbocycles. The van der Waals surface area contributed by atoms with Gasteiger partial charge in [-0.3, -0.25) is 0 Å². The Bertz CT molecular complexity index is 1060. The van der Waals surface area contributed by atoms with E-state index >= 15 is 0 Å². The average Bonchev–Trinajstić information content (AvgIpc) is 2.74. The van der Waals surface area contributed by atoms with Crippen LogP contribution in [-0.2, 0) is 21.0 Å². The van der Waals surface area contributed by atoms with Crippen molar-refractivity contribution in [2.45, 2.75) is 22.5 Å². The number of ether oxygens (including phenoxy) is 2. The molecule has 144 valence electrons. The molecule has 0 radical (unpaired) electrons. The first kappa shape index (κ1) is 18.6. The Morgan fingerprint density at radius 2 is 1.64 bits per heavy atom. The Hall–Kier alpha value is -2.79. The lowest BCUT2D eigenvalue weighted by Gasteiger charge is -2.38. The van der Waals surface area contributed by atoms with Crippen molar-refractivity contribution in [3.8, 4) is 11.5 Å². The molecule has 0 aliphatic carbocycles. The van der Waals surface area contributed by atoms with Gasteiger partial charge in [0.1, 0.15) is 16.2 Å². The van der Waals surface area contributed by atoms with Crippen LogP contribution >= 0.6 is 0 Å². The third-order valence-corrected chi connectivity index (χ3v) is 7.83. The second kappa shape index (κ2) is 7.32. The highest BCUT2D eigenvalue weighted by Crippen LogP contribution is 2.48. The summed E-state index contributed by atoms with van der Waals surface area (Å²) in [5.74, 6) is 1.22.